The van der Waals surface area contributed by atoms with E-state index in [4.69, 9.17) is 9.97 Å². The second-order valence-electron chi connectivity index (χ2n) is 8.83. The van der Waals surface area contributed by atoms with Gasteiger partial charge >= 0.3 is 0 Å². The summed E-state index contributed by atoms with van der Waals surface area (Å²) in [5.41, 5.74) is 2.28. The molecule has 1 fully saturated rings. The maximum Gasteiger partial charge on any atom is 0.237 e. The lowest BCUT2D eigenvalue weighted by molar-refractivity contribution is 0.467. The smallest absolute Gasteiger partial charge is 0.237 e. The molecule has 4 heterocycles. The largest absolute Gasteiger partial charge is 0.341 e. The first-order chi connectivity index (χ1) is 15.3. The minimum atomic E-state index is 0.180. The monoisotopic (exact) mass is 416 g/mol. The van der Waals surface area contributed by atoms with E-state index in [0.29, 0.717) is 12.0 Å². The van der Waals surface area contributed by atoms with E-state index >= 15 is 0 Å². The van der Waals surface area contributed by atoms with Gasteiger partial charge in [0.1, 0.15) is 17.3 Å². The van der Waals surface area contributed by atoms with Crippen LogP contribution in [-0.2, 0) is 0 Å². The molecular formula is C23H28N8. The zero-order valence-corrected chi connectivity index (χ0v) is 18.2. The van der Waals surface area contributed by atoms with Gasteiger partial charge in [-0.05, 0) is 51.0 Å². The van der Waals surface area contributed by atoms with E-state index in [9.17, 15) is 0 Å². The van der Waals surface area contributed by atoms with Crippen molar-refractivity contribution >= 4 is 11.4 Å². The summed E-state index contributed by atoms with van der Waals surface area (Å²) < 4.78 is 4.19. The first-order valence-corrected chi connectivity index (χ1v) is 11.6. The molecule has 3 aliphatic rings. The second kappa shape index (κ2) is 7.28. The maximum absolute atomic E-state index is 5.17. The fourth-order valence-corrected chi connectivity index (χ4v) is 5.55. The molecule has 0 aromatic carbocycles. The Labute approximate surface area is 182 Å². The van der Waals surface area contributed by atoms with Crippen LogP contribution in [-0.4, -0.2) is 40.3 Å². The maximum atomic E-state index is 5.17. The Hall–Kier alpha value is -3.03. The summed E-state index contributed by atoms with van der Waals surface area (Å²) in [6, 6.07) is 0.663. The number of aryl methyl sites for hydroxylation is 1. The van der Waals surface area contributed by atoms with Crippen LogP contribution in [0.3, 0.4) is 0 Å². The number of hydrogen-bond acceptors (Lipinski definition) is 6. The molecule has 8 heteroatoms. The van der Waals surface area contributed by atoms with E-state index in [0.717, 1.165) is 48.2 Å². The van der Waals surface area contributed by atoms with E-state index in [-0.39, 0.29) is 6.04 Å². The molecule has 0 saturated heterocycles. The van der Waals surface area contributed by atoms with Crippen molar-refractivity contribution in [3.63, 3.8) is 0 Å². The Morgan fingerprint density at radius 1 is 1.10 bits per heavy atom. The predicted octanol–water partition coefficient (Wildman–Crippen LogP) is 4.33. The zero-order valence-electron chi connectivity index (χ0n) is 18.2. The lowest BCUT2D eigenvalue weighted by atomic mass is 10.0. The van der Waals surface area contributed by atoms with E-state index in [1.165, 1.54) is 37.7 Å². The summed E-state index contributed by atoms with van der Waals surface area (Å²) in [5.74, 6) is 4.55. The average Bonchev–Trinajstić information content (AvgIpc) is 3.59. The van der Waals surface area contributed by atoms with Crippen molar-refractivity contribution in [3.05, 3.63) is 42.1 Å². The number of anilines is 1. The van der Waals surface area contributed by atoms with Crippen molar-refractivity contribution in [2.75, 3.05) is 4.90 Å². The Morgan fingerprint density at radius 3 is 2.74 bits per heavy atom. The van der Waals surface area contributed by atoms with Crippen LogP contribution in [0, 0.1) is 6.92 Å². The first kappa shape index (κ1) is 18.7. The van der Waals surface area contributed by atoms with E-state index in [1.807, 2.05) is 30.1 Å². The zero-order chi connectivity index (χ0) is 20.9. The van der Waals surface area contributed by atoms with Crippen LogP contribution in [0.4, 0.5) is 5.82 Å². The van der Waals surface area contributed by atoms with Crippen LogP contribution in [0.2, 0.25) is 0 Å². The highest BCUT2D eigenvalue weighted by atomic mass is 15.4. The van der Waals surface area contributed by atoms with Gasteiger partial charge in [-0.2, -0.15) is 4.98 Å². The molecule has 0 spiro atoms. The molecular weight excluding hydrogens is 388 g/mol. The highest BCUT2D eigenvalue weighted by molar-refractivity contribution is 5.65. The fourth-order valence-electron chi connectivity index (χ4n) is 5.55. The molecule has 1 saturated carbocycles. The highest BCUT2D eigenvalue weighted by Crippen LogP contribution is 2.43. The van der Waals surface area contributed by atoms with Crippen molar-refractivity contribution in [2.45, 2.75) is 77.3 Å². The summed E-state index contributed by atoms with van der Waals surface area (Å²) >= 11 is 0. The fraction of sp³-hybridized carbons (Fsp3) is 0.522. The highest BCUT2D eigenvalue weighted by Gasteiger charge is 2.39. The quantitative estimate of drug-likeness (QED) is 0.630. The molecule has 3 aromatic heterocycles. The van der Waals surface area contributed by atoms with Gasteiger partial charge in [0.25, 0.3) is 0 Å². The van der Waals surface area contributed by atoms with Crippen molar-refractivity contribution in [2.24, 2.45) is 0 Å². The number of rotatable bonds is 4. The SMILES string of the molecule is CC[C@@H]1c2nnc(C)n2-c2cnc(-n3ccnc3C3=CCCC3)nc2N1C1CCCC1. The molecule has 0 amide bonds. The lowest BCUT2D eigenvalue weighted by Crippen LogP contribution is -2.42. The normalized spacial score (nSPS) is 20.8. The molecule has 0 N–H and O–H groups in total. The molecule has 31 heavy (non-hydrogen) atoms. The Morgan fingerprint density at radius 2 is 1.97 bits per heavy atom. The molecule has 0 bridgehead atoms. The van der Waals surface area contributed by atoms with Crippen LogP contribution in [0.25, 0.3) is 17.2 Å². The minimum absolute atomic E-state index is 0.180. The van der Waals surface area contributed by atoms with Gasteiger partial charge in [0.2, 0.25) is 5.95 Å². The number of nitrogens with zero attached hydrogens (tertiary/aromatic N) is 8. The Bertz CT molecular complexity index is 1150. The molecule has 1 atom stereocenters. The van der Waals surface area contributed by atoms with Gasteiger partial charge in [-0.25, -0.2) is 9.97 Å². The predicted molar refractivity (Wildman–Crippen MR) is 118 cm³/mol. The van der Waals surface area contributed by atoms with Crippen LogP contribution < -0.4 is 4.90 Å². The number of imidazole rings is 1. The van der Waals surface area contributed by atoms with Crippen molar-refractivity contribution in [3.8, 4) is 11.6 Å². The first-order valence-electron chi connectivity index (χ1n) is 11.6. The van der Waals surface area contributed by atoms with Gasteiger partial charge in [0, 0.05) is 18.4 Å². The Balaban J connectivity index is 1.52. The molecule has 160 valence electrons. The van der Waals surface area contributed by atoms with Gasteiger partial charge < -0.3 is 4.90 Å². The lowest BCUT2D eigenvalue weighted by Gasteiger charge is -2.41. The van der Waals surface area contributed by atoms with Gasteiger partial charge in [0.05, 0.1) is 12.2 Å². The standard InChI is InChI=1S/C23H28N8/c1-3-18-22-28-27-15(2)30(22)19-14-25-23(26-21(19)31(18)17-10-6-7-11-17)29-13-12-24-20(29)16-8-4-5-9-16/h8,12-14,17-18H,3-7,9-11H2,1-2H3/t18-/m1/s1. The van der Waals surface area contributed by atoms with E-state index < -0.39 is 0 Å². The van der Waals surface area contributed by atoms with Crippen LogP contribution in [0.1, 0.15) is 81.8 Å². The molecule has 0 unspecified atom stereocenters. The van der Waals surface area contributed by atoms with Gasteiger partial charge in [-0.3, -0.25) is 9.13 Å². The third-order valence-electron chi connectivity index (χ3n) is 7.00. The number of fused-ring (bicyclic) bond motifs is 3. The van der Waals surface area contributed by atoms with E-state index in [2.05, 4.69) is 37.6 Å². The molecule has 0 radical (unpaired) electrons. The topological polar surface area (TPSA) is 77.5 Å². The van der Waals surface area contributed by atoms with Gasteiger partial charge in [0.15, 0.2) is 11.6 Å². The Kier molecular flexibility index (Phi) is 4.40. The average molecular weight is 417 g/mol. The van der Waals surface area contributed by atoms with E-state index in [1.54, 1.807) is 0 Å². The van der Waals surface area contributed by atoms with Crippen LogP contribution >= 0.6 is 0 Å². The molecule has 8 nitrogen and oxygen atoms in total. The van der Waals surface area contributed by atoms with Gasteiger partial charge in [-0.15, -0.1) is 10.2 Å². The number of hydrogen-bond donors (Lipinski definition) is 0. The van der Waals surface area contributed by atoms with Crippen molar-refractivity contribution < 1.29 is 0 Å². The number of aromatic nitrogens is 7. The summed E-state index contributed by atoms with van der Waals surface area (Å²) in [6.45, 7) is 4.24. The molecule has 1 aliphatic heterocycles. The molecule has 3 aromatic rings. The van der Waals surface area contributed by atoms with Crippen molar-refractivity contribution in [1.29, 1.82) is 0 Å². The molecule has 2 aliphatic carbocycles. The summed E-state index contributed by atoms with van der Waals surface area (Å²) in [7, 11) is 0. The van der Waals surface area contributed by atoms with Gasteiger partial charge in [-0.1, -0.05) is 25.8 Å². The molecule has 6 rings (SSSR count). The third-order valence-corrected chi connectivity index (χ3v) is 7.00. The summed E-state index contributed by atoms with van der Waals surface area (Å²) in [6.07, 6.45) is 17.4. The number of allylic oxidation sites excluding steroid dienone is 2. The second-order valence-corrected chi connectivity index (χ2v) is 8.83. The van der Waals surface area contributed by atoms with Crippen LogP contribution in [0.5, 0.6) is 0 Å². The van der Waals surface area contributed by atoms with Crippen molar-refractivity contribution in [1.82, 2.24) is 34.3 Å². The summed E-state index contributed by atoms with van der Waals surface area (Å²) in [4.78, 5) is 17.1. The third kappa shape index (κ3) is 2.84. The van der Waals surface area contributed by atoms with Crippen LogP contribution in [0.15, 0.2) is 24.7 Å². The minimum Gasteiger partial charge on any atom is -0.341 e. The summed E-state index contributed by atoms with van der Waals surface area (Å²) in [5, 5.41) is 8.96.